The van der Waals surface area contributed by atoms with E-state index >= 15 is 0 Å². The highest BCUT2D eigenvalue weighted by molar-refractivity contribution is 7.89. The molecule has 1 fully saturated rings. The highest BCUT2D eigenvalue weighted by Crippen LogP contribution is 2.23. The third-order valence-electron chi connectivity index (χ3n) is 3.14. The summed E-state index contributed by atoms with van der Waals surface area (Å²) < 4.78 is 25.3. The first-order chi connectivity index (χ1) is 6.89. The molecule has 0 aliphatic carbocycles. The minimum absolute atomic E-state index is 0.0901. The quantitative estimate of drug-likeness (QED) is 0.788. The molecule has 2 unspecified atom stereocenters. The maximum atomic E-state index is 11.9. The van der Waals surface area contributed by atoms with Crippen LogP contribution in [0.1, 0.15) is 33.6 Å². The number of nitrogens with zero attached hydrogens (tertiary/aromatic N) is 1. The van der Waals surface area contributed by atoms with Crippen LogP contribution in [-0.2, 0) is 10.0 Å². The molecular formula is C10H21NO3S. The summed E-state index contributed by atoms with van der Waals surface area (Å²) in [6, 6.07) is 0. The Balaban J connectivity index is 2.75. The number of aliphatic hydroxyl groups is 1. The fraction of sp³-hybridized carbons (Fsp3) is 1.00. The summed E-state index contributed by atoms with van der Waals surface area (Å²) in [6.45, 7) is 6.30. The SMILES string of the molecule is CCC1CN(S(=O)(=O)C(C)C)CCC1O. The molecule has 0 radical (unpaired) electrons. The summed E-state index contributed by atoms with van der Waals surface area (Å²) in [5.41, 5.74) is 0. The van der Waals surface area contributed by atoms with E-state index in [1.165, 1.54) is 4.31 Å². The molecule has 0 aromatic heterocycles. The molecule has 1 heterocycles. The van der Waals surface area contributed by atoms with Gasteiger partial charge in [0.15, 0.2) is 0 Å². The van der Waals surface area contributed by atoms with E-state index in [2.05, 4.69) is 0 Å². The van der Waals surface area contributed by atoms with Crippen molar-refractivity contribution in [3.63, 3.8) is 0 Å². The second-order valence-corrected chi connectivity index (χ2v) is 6.97. The van der Waals surface area contributed by atoms with Crippen LogP contribution >= 0.6 is 0 Å². The van der Waals surface area contributed by atoms with Crippen LogP contribution in [0.15, 0.2) is 0 Å². The van der Waals surface area contributed by atoms with Gasteiger partial charge < -0.3 is 5.11 Å². The van der Waals surface area contributed by atoms with Gasteiger partial charge in [-0.05, 0) is 32.6 Å². The Morgan fingerprint density at radius 3 is 2.53 bits per heavy atom. The Hall–Kier alpha value is -0.130. The normalized spacial score (nSPS) is 29.7. The topological polar surface area (TPSA) is 57.6 Å². The van der Waals surface area contributed by atoms with Crippen molar-refractivity contribution in [2.45, 2.75) is 45.0 Å². The molecule has 0 amide bonds. The summed E-state index contributed by atoms with van der Waals surface area (Å²) in [5.74, 6) is 0.0901. The molecule has 0 aromatic rings. The first kappa shape index (κ1) is 12.9. The average Bonchev–Trinajstić information content (AvgIpc) is 2.18. The van der Waals surface area contributed by atoms with Crippen molar-refractivity contribution in [2.24, 2.45) is 5.92 Å². The molecule has 2 atom stereocenters. The average molecular weight is 235 g/mol. The molecule has 0 spiro atoms. The van der Waals surface area contributed by atoms with Gasteiger partial charge in [-0.2, -0.15) is 0 Å². The molecule has 1 aliphatic heterocycles. The van der Waals surface area contributed by atoms with Gasteiger partial charge >= 0.3 is 0 Å². The predicted octanol–water partition coefficient (Wildman–Crippen LogP) is 0.817. The van der Waals surface area contributed by atoms with E-state index < -0.39 is 10.0 Å². The highest BCUT2D eigenvalue weighted by atomic mass is 32.2. The third kappa shape index (κ3) is 2.71. The lowest BCUT2D eigenvalue weighted by Gasteiger charge is -2.35. The molecule has 0 saturated carbocycles. The fourth-order valence-electron chi connectivity index (χ4n) is 1.92. The van der Waals surface area contributed by atoms with E-state index in [0.717, 1.165) is 6.42 Å². The number of rotatable bonds is 3. The predicted molar refractivity (Wildman–Crippen MR) is 60.0 cm³/mol. The zero-order valence-electron chi connectivity index (χ0n) is 9.68. The molecule has 1 rings (SSSR count). The van der Waals surface area contributed by atoms with Crippen molar-refractivity contribution in [1.82, 2.24) is 4.31 Å². The summed E-state index contributed by atoms with van der Waals surface area (Å²) in [5, 5.41) is 9.30. The molecule has 90 valence electrons. The summed E-state index contributed by atoms with van der Waals surface area (Å²) in [4.78, 5) is 0. The second kappa shape index (κ2) is 4.80. The van der Waals surface area contributed by atoms with Crippen molar-refractivity contribution >= 4 is 10.0 Å². The Kier molecular flexibility index (Phi) is 4.14. The third-order valence-corrected chi connectivity index (χ3v) is 5.38. The van der Waals surface area contributed by atoms with Gasteiger partial charge in [0.05, 0.1) is 11.4 Å². The minimum Gasteiger partial charge on any atom is -0.393 e. The summed E-state index contributed by atoms with van der Waals surface area (Å²) in [7, 11) is -3.14. The van der Waals surface area contributed by atoms with Crippen LogP contribution in [0, 0.1) is 5.92 Å². The lowest BCUT2D eigenvalue weighted by molar-refractivity contribution is 0.0518. The van der Waals surface area contributed by atoms with Crippen molar-refractivity contribution in [2.75, 3.05) is 13.1 Å². The van der Waals surface area contributed by atoms with E-state index in [4.69, 9.17) is 0 Å². The number of aliphatic hydroxyl groups excluding tert-OH is 1. The smallest absolute Gasteiger partial charge is 0.216 e. The van der Waals surface area contributed by atoms with E-state index in [9.17, 15) is 13.5 Å². The van der Waals surface area contributed by atoms with Gasteiger partial charge in [0, 0.05) is 13.1 Å². The lowest BCUT2D eigenvalue weighted by Crippen LogP contribution is -2.47. The van der Waals surface area contributed by atoms with Crippen LogP contribution in [0.4, 0.5) is 0 Å². The van der Waals surface area contributed by atoms with Gasteiger partial charge in [0.25, 0.3) is 0 Å². The molecule has 1 N–H and O–H groups in total. The number of piperidine rings is 1. The molecule has 15 heavy (non-hydrogen) atoms. The maximum Gasteiger partial charge on any atom is 0.216 e. The highest BCUT2D eigenvalue weighted by Gasteiger charge is 2.34. The van der Waals surface area contributed by atoms with Crippen LogP contribution in [0.3, 0.4) is 0 Å². The minimum atomic E-state index is -3.14. The molecule has 4 nitrogen and oxygen atoms in total. The van der Waals surface area contributed by atoms with Gasteiger partial charge in [0.2, 0.25) is 10.0 Å². The van der Waals surface area contributed by atoms with Gasteiger partial charge in [-0.25, -0.2) is 12.7 Å². The number of hydrogen-bond donors (Lipinski definition) is 1. The first-order valence-electron chi connectivity index (χ1n) is 5.56. The molecule has 1 aliphatic rings. The molecule has 0 bridgehead atoms. The second-order valence-electron chi connectivity index (χ2n) is 4.48. The van der Waals surface area contributed by atoms with Crippen LogP contribution in [0.2, 0.25) is 0 Å². The summed E-state index contributed by atoms with van der Waals surface area (Å²) >= 11 is 0. The van der Waals surface area contributed by atoms with E-state index in [0.29, 0.717) is 19.5 Å². The monoisotopic (exact) mass is 235 g/mol. The molecular weight excluding hydrogens is 214 g/mol. The molecule has 1 saturated heterocycles. The zero-order valence-corrected chi connectivity index (χ0v) is 10.5. The van der Waals surface area contributed by atoms with E-state index in [1.54, 1.807) is 13.8 Å². The van der Waals surface area contributed by atoms with E-state index in [-0.39, 0.29) is 17.3 Å². The van der Waals surface area contributed by atoms with Crippen LogP contribution < -0.4 is 0 Å². The van der Waals surface area contributed by atoms with E-state index in [1.807, 2.05) is 6.92 Å². The molecule has 0 aromatic carbocycles. The van der Waals surface area contributed by atoms with Crippen LogP contribution in [-0.4, -0.2) is 42.3 Å². The fourth-order valence-corrected chi connectivity index (χ4v) is 3.27. The zero-order chi connectivity index (χ0) is 11.6. The van der Waals surface area contributed by atoms with Gasteiger partial charge in [0.1, 0.15) is 0 Å². The van der Waals surface area contributed by atoms with Crippen LogP contribution in [0.25, 0.3) is 0 Å². The lowest BCUT2D eigenvalue weighted by atomic mass is 9.94. The van der Waals surface area contributed by atoms with Crippen molar-refractivity contribution in [1.29, 1.82) is 0 Å². The Morgan fingerprint density at radius 2 is 2.07 bits per heavy atom. The van der Waals surface area contributed by atoms with Crippen molar-refractivity contribution in [3.8, 4) is 0 Å². The standard InChI is InChI=1S/C10H21NO3S/c1-4-9-7-11(6-5-10(9)12)15(13,14)8(2)3/h8-10,12H,4-7H2,1-3H3. The number of sulfonamides is 1. The van der Waals surface area contributed by atoms with Crippen molar-refractivity contribution in [3.05, 3.63) is 0 Å². The Labute approximate surface area is 92.3 Å². The largest absolute Gasteiger partial charge is 0.393 e. The molecule has 5 heteroatoms. The van der Waals surface area contributed by atoms with Crippen LogP contribution in [0.5, 0.6) is 0 Å². The van der Waals surface area contributed by atoms with Crippen molar-refractivity contribution < 1.29 is 13.5 Å². The van der Waals surface area contributed by atoms with Gasteiger partial charge in [-0.15, -0.1) is 0 Å². The Morgan fingerprint density at radius 1 is 1.47 bits per heavy atom. The van der Waals surface area contributed by atoms with Gasteiger partial charge in [-0.3, -0.25) is 0 Å². The first-order valence-corrected chi connectivity index (χ1v) is 7.07. The maximum absolute atomic E-state index is 11.9. The summed E-state index contributed by atoms with van der Waals surface area (Å²) in [6.07, 6.45) is 1.05. The van der Waals surface area contributed by atoms with Gasteiger partial charge in [-0.1, -0.05) is 6.92 Å². The Bertz CT molecular complexity index is 300. The number of hydrogen-bond acceptors (Lipinski definition) is 3.